The van der Waals surface area contributed by atoms with Crippen molar-refractivity contribution in [2.45, 2.75) is 52.6 Å². The molecule has 0 aliphatic rings. The van der Waals surface area contributed by atoms with Crippen molar-refractivity contribution in [3.05, 3.63) is 16.3 Å². The average molecular weight is 344 g/mol. The van der Waals surface area contributed by atoms with E-state index in [2.05, 4.69) is 9.68 Å². The van der Waals surface area contributed by atoms with Crippen LogP contribution in [0.4, 0.5) is 0 Å². The third-order valence-electron chi connectivity index (χ3n) is 0.589. The fourth-order valence-corrected chi connectivity index (χ4v) is 0. The van der Waals surface area contributed by atoms with Crippen molar-refractivity contribution in [1.82, 2.24) is 0 Å². The average Bonchev–Trinajstić information content (AvgIpc) is 2.02. The molecule has 16 heavy (non-hydrogen) atoms. The molecule has 0 heterocycles. The number of nitrogens with zero attached hydrogens (tertiary/aromatic N) is 2. The number of rotatable bonds is 0. The predicted molar refractivity (Wildman–Crippen MR) is 72.9 cm³/mol. The Morgan fingerprint density at radius 1 is 1.00 bits per heavy atom. The third kappa shape index (κ3) is 58.6. The predicted octanol–water partition coefficient (Wildman–Crippen LogP) is 6.08. The minimum absolute atomic E-state index is 0.0679. The number of halogens is 4. The summed E-state index contributed by atoms with van der Waals surface area (Å²) >= 11 is 3.19. The first-order valence-electron chi connectivity index (χ1n) is 4.41. The van der Waals surface area contributed by atoms with Gasteiger partial charge in [-0.05, 0) is 0 Å². The van der Waals surface area contributed by atoms with Gasteiger partial charge in [0, 0.05) is 20.8 Å². The molecule has 96 valence electrons. The Hall–Kier alpha value is 1.32. The van der Waals surface area contributed by atoms with Crippen molar-refractivity contribution < 1.29 is 14.7 Å². The second-order valence-electron chi connectivity index (χ2n) is 4.75. The number of hydrogen-bond acceptors (Lipinski definition) is 0. The quantitative estimate of drug-likeness (QED) is 0.374. The van der Waals surface area contributed by atoms with Gasteiger partial charge in [0.1, 0.15) is 0 Å². The zero-order valence-corrected chi connectivity index (χ0v) is 15.0. The standard InChI is InChI=1S/C5H9N.C4H9ClN.3ClH.Ti/c1-5(2,3)6-4;1-4(2,3)6-5;;;;/h2*1-3H3;3*1H;/q;-1;;;;+4/p-3. The molecule has 0 aliphatic heterocycles. The van der Waals surface area contributed by atoms with Crippen LogP contribution in [-0.4, -0.2) is 11.1 Å². The van der Waals surface area contributed by atoms with Crippen molar-refractivity contribution >= 4 is 39.7 Å². The molecule has 0 spiro atoms. The molecule has 0 unspecified atom stereocenters. The first kappa shape index (κ1) is 22.5. The Balaban J connectivity index is -0.000000162. The fraction of sp³-hybridized carbons (Fsp3) is 0.889. The summed E-state index contributed by atoms with van der Waals surface area (Å²) in [6.07, 6.45) is 0. The van der Waals surface area contributed by atoms with Gasteiger partial charge in [-0.15, -0.1) is 5.54 Å². The maximum absolute atomic E-state index is 6.48. The van der Waals surface area contributed by atoms with Gasteiger partial charge in [-0.1, -0.05) is 20.8 Å². The first-order valence-corrected chi connectivity index (χ1v) is 11.2. The van der Waals surface area contributed by atoms with Gasteiger partial charge in [0.2, 0.25) is 5.54 Å². The summed E-state index contributed by atoms with van der Waals surface area (Å²) in [6, 6.07) is 0. The number of hydrogen-bond donors (Lipinski definition) is 0. The van der Waals surface area contributed by atoms with E-state index in [1.54, 1.807) is 0 Å². The fourth-order valence-electron chi connectivity index (χ4n) is 0. The zero-order chi connectivity index (χ0) is 14.0. The van der Waals surface area contributed by atoms with Crippen molar-refractivity contribution in [2.24, 2.45) is 0 Å². The van der Waals surface area contributed by atoms with Gasteiger partial charge in [-0.3, -0.25) is 11.8 Å². The molecule has 0 aromatic carbocycles. The van der Waals surface area contributed by atoms with Crippen molar-refractivity contribution in [2.75, 3.05) is 0 Å². The molecular formula is C9H18Cl4N2Ti. The van der Waals surface area contributed by atoms with E-state index in [9.17, 15) is 0 Å². The Kier molecular flexibility index (Phi) is 16.1. The maximum atomic E-state index is 6.48. The van der Waals surface area contributed by atoms with Crippen LogP contribution in [0.2, 0.25) is 0 Å². The van der Waals surface area contributed by atoms with E-state index in [4.69, 9.17) is 46.3 Å². The molecular weight excluding hydrogens is 326 g/mol. The van der Waals surface area contributed by atoms with E-state index in [0.717, 1.165) is 0 Å². The van der Waals surface area contributed by atoms with Crippen LogP contribution < -0.4 is 0 Å². The van der Waals surface area contributed by atoms with Crippen molar-refractivity contribution in [1.29, 1.82) is 0 Å². The van der Waals surface area contributed by atoms with Crippen LogP contribution in [0.25, 0.3) is 9.68 Å². The van der Waals surface area contributed by atoms with Crippen LogP contribution >= 0.6 is 39.7 Å². The first-order chi connectivity index (χ1) is 6.85. The Bertz CT molecular complexity index is 188. The summed E-state index contributed by atoms with van der Waals surface area (Å²) in [5.74, 6) is 0. The van der Waals surface area contributed by atoms with Crippen molar-refractivity contribution in [3.63, 3.8) is 0 Å². The van der Waals surface area contributed by atoms with Crippen LogP contribution in [0.5, 0.6) is 0 Å². The Labute approximate surface area is 122 Å². The molecule has 0 rings (SSSR count). The summed E-state index contributed by atoms with van der Waals surface area (Å²) in [5, 5.41) is 0. The summed E-state index contributed by atoms with van der Waals surface area (Å²) < 4.78 is 0. The molecule has 0 saturated carbocycles. The van der Waals surface area contributed by atoms with Gasteiger partial charge in [0.25, 0.3) is 0 Å². The van der Waals surface area contributed by atoms with E-state index in [0.29, 0.717) is 0 Å². The second-order valence-corrected chi connectivity index (χ2v) is 12.7. The minimum atomic E-state index is -1.92. The van der Waals surface area contributed by atoms with Gasteiger partial charge in [-0.25, -0.2) is 6.57 Å². The van der Waals surface area contributed by atoms with E-state index in [-0.39, 0.29) is 11.1 Å². The molecule has 0 aromatic rings. The van der Waals surface area contributed by atoms with E-state index >= 15 is 0 Å². The summed E-state index contributed by atoms with van der Waals surface area (Å²) in [5.41, 5.74) is -0.235. The third-order valence-corrected chi connectivity index (χ3v) is 1.10. The van der Waals surface area contributed by atoms with E-state index in [1.165, 1.54) is 0 Å². The van der Waals surface area contributed by atoms with Crippen LogP contribution in [0.3, 0.4) is 0 Å². The van der Waals surface area contributed by atoms with Crippen LogP contribution in [-0.2, 0) is 14.7 Å². The van der Waals surface area contributed by atoms with Gasteiger partial charge in [-0.2, -0.15) is 0 Å². The summed E-state index contributed by atoms with van der Waals surface area (Å²) in [6.45, 7) is 18.0. The van der Waals surface area contributed by atoms with E-state index < -0.39 is 14.7 Å². The Morgan fingerprint density at radius 3 is 1.12 bits per heavy atom. The molecule has 0 aliphatic carbocycles. The molecule has 0 N–H and O–H groups in total. The van der Waals surface area contributed by atoms with Gasteiger partial charge >= 0.3 is 42.6 Å². The molecule has 2 nitrogen and oxygen atoms in total. The van der Waals surface area contributed by atoms with E-state index in [1.807, 2.05) is 41.5 Å². The molecule has 0 atom stereocenters. The molecule has 0 amide bonds. The van der Waals surface area contributed by atoms with Crippen LogP contribution in [0.15, 0.2) is 0 Å². The molecule has 7 heteroatoms. The SMILES string of the molecule is CC(C)(C)[N-]Cl.[C-]#[N+]C(C)(C)C.[Cl][Ti+]([Cl])[Cl]. The van der Waals surface area contributed by atoms with Gasteiger partial charge in [0.05, 0.1) is 0 Å². The van der Waals surface area contributed by atoms with Gasteiger partial charge in [0.15, 0.2) is 0 Å². The monoisotopic (exact) mass is 342 g/mol. The van der Waals surface area contributed by atoms with Gasteiger partial charge < -0.3 is 9.68 Å². The normalized spacial score (nSPS) is 10.1. The Morgan fingerprint density at radius 2 is 1.12 bits per heavy atom. The van der Waals surface area contributed by atoms with Crippen molar-refractivity contribution in [3.8, 4) is 0 Å². The zero-order valence-electron chi connectivity index (χ0n) is 10.4. The molecule has 0 aromatic heterocycles. The molecule has 0 saturated heterocycles. The second kappa shape index (κ2) is 11.4. The van der Waals surface area contributed by atoms with Crippen LogP contribution in [0.1, 0.15) is 41.5 Å². The molecule has 0 fully saturated rings. The summed E-state index contributed by atoms with van der Waals surface area (Å²) in [7, 11) is 14.9. The molecule has 0 bridgehead atoms. The molecule has 0 radical (unpaired) electrons. The van der Waals surface area contributed by atoms with Crippen LogP contribution in [0, 0.1) is 6.57 Å². The topological polar surface area (TPSA) is 18.5 Å². The summed E-state index contributed by atoms with van der Waals surface area (Å²) in [4.78, 5) is 6.76.